The number of nitrogens with one attached hydrogen (secondary N) is 1. The molecule has 0 heterocycles. The van der Waals surface area contributed by atoms with Gasteiger partial charge in [-0.1, -0.05) is 30.3 Å². The lowest BCUT2D eigenvalue weighted by Crippen LogP contribution is -2.18. The molecule has 0 fully saturated rings. The fourth-order valence-electron chi connectivity index (χ4n) is 2.47. The van der Waals surface area contributed by atoms with Crippen LogP contribution in [0.3, 0.4) is 0 Å². The van der Waals surface area contributed by atoms with Crippen LogP contribution >= 0.6 is 0 Å². The zero-order valence-corrected chi connectivity index (χ0v) is 13.7. The van der Waals surface area contributed by atoms with Gasteiger partial charge in [-0.2, -0.15) is 0 Å². The van der Waals surface area contributed by atoms with Gasteiger partial charge in [-0.3, -0.25) is 0 Å². The van der Waals surface area contributed by atoms with E-state index in [4.69, 9.17) is 4.74 Å². The van der Waals surface area contributed by atoms with Crippen molar-refractivity contribution in [1.29, 1.82) is 0 Å². The van der Waals surface area contributed by atoms with Gasteiger partial charge in [0, 0.05) is 12.6 Å². The predicted octanol–water partition coefficient (Wildman–Crippen LogP) is 4.47. The first-order valence-electron chi connectivity index (χ1n) is 7.45. The van der Waals surface area contributed by atoms with Gasteiger partial charge in [-0.15, -0.1) is 0 Å². The van der Waals surface area contributed by atoms with Crippen LogP contribution in [-0.4, -0.2) is 7.11 Å². The van der Waals surface area contributed by atoms with Gasteiger partial charge in [-0.25, -0.2) is 0 Å². The first kappa shape index (κ1) is 15.6. The van der Waals surface area contributed by atoms with Crippen LogP contribution in [0.5, 0.6) is 5.75 Å². The minimum atomic E-state index is 0.340. The molecule has 0 spiro atoms. The Morgan fingerprint density at radius 3 is 2.33 bits per heavy atom. The maximum atomic E-state index is 5.30. The molecule has 0 amide bonds. The molecule has 0 saturated carbocycles. The quantitative estimate of drug-likeness (QED) is 0.874. The van der Waals surface area contributed by atoms with Crippen LogP contribution in [0, 0.1) is 20.8 Å². The minimum absolute atomic E-state index is 0.340. The van der Waals surface area contributed by atoms with Crippen LogP contribution in [0.15, 0.2) is 36.4 Å². The third-order valence-corrected chi connectivity index (χ3v) is 4.10. The molecule has 21 heavy (non-hydrogen) atoms. The Bertz CT molecular complexity index is 619. The van der Waals surface area contributed by atoms with Crippen molar-refractivity contribution in [3.8, 4) is 5.75 Å². The van der Waals surface area contributed by atoms with Crippen molar-refractivity contribution in [1.82, 2.24) is 5.32 Å². The van der Waals surface area contributed by atoms with Crippen molar-refractivity contribution in [2.75, 3.05) is 7.11 Å². The van der Waals surface area contributed by atoms with Crippen LogP contribution < -0.4 is 10.1 Å². The average molecular weight is 283 g/mol. The van der Waals surface area contributed by atoms with Crippen molar-refractivity contribution in [3.63, 3.8) is 0 Å². The Morgan fingerprint density at radius 1 is 0.952 bits per heavy atom. The van der Waals surface area contributed by atoms with Crippen molar-refractivity contribution in [3.05, 3.63) is 64.2 Å². The normalized spacial score (nSPS) is 12.2. The molecule has 0 radical (unpaired) electrons. The van der Waals surface area contributed by atoms with Crippen molar-refractivity contribution in [2.45, 2.75) is 40.3 Å². The molecule has 1 atom stereocenters. The van der Waals surface area contributed by atoms with E-state index in [0.717, 1.165) is 12.3 Å². The molecule has 0 aliphatic heterocycles. The first-order valence-corrected chi connectivity index (χ1v) is 7.45. The molecule has 1 unspecified atom stereocenters. The lowest BCUT2D eigenvalue weighted by molar-refractivity contribution is 0.411. The summed E-state index contributed by atoms with van der Waals surface area (Å²) in [4.78, 5) is 0. The molecule has 2 aromatic carbocycles. The topological polar surface area (TPSA) is 21.3 Å². The summed E-state index contributed by atoms with van der Waals surface area (Å²) in [5.41, 5.74) is 6.49. The monoisotopic (exact) mass is 283 g/mol. The smallest absolute Gasteiger partial charge is 0.121 e. The molecule has 1 N–H and O–H groups in total. The highest BCUT2D eigenvalue weighted by atomic mass is 16.5. The summed E-state index contributed by atoms with van der Waals surface area (Å²) in [5.74, 6) is 0.945. The van der Waals surface area contributed by atoms with Gasteiger partial charge in [0.05, 0.1) is 7.11 Å². The predicted molar refractivity (Wildman–Crippen MR) is 88.9 cm³/mol. The third kappa shape index (κ3) is 3.85. The molecular weight excluding hydrogens is 258 g/mol. The van der Waals surface area contributed by atoms with E-state index in [1.54, 1.807) is 7.11 Å². The number of benzene rings is 2. The zero-order valence-electron chi connectivity index (χ0n) is 13.7. The minimum Gasteiger partial charge on any atom is -0.496 e. The van der Waals surface area contributed by atoms with Gasteiger partial charge in [0.25, 0.3) is 0 Å². The summed E-state index contributed by atoms with van der Waals surface area (Å²) in [5, 5.41) is 3.59. The number of hydrogen-bond acceptors (Lipinski definition) is 2. The molecule has 2 heteroatoms. The van der Waals surface area contributed by atoms with Crippen LogP contribution in [0.1, 0.15) is 40.8 Å². The van der Waals surface area contributed by atoms with Gasteiger partial charge in [-0.05, 0) is 61.6 Å². The van der Waals surface area contributed by atoms with Crippen LogP contribution in [0.4, 0.5) is 0 Å². The number of hydrogen-bond donors (Lipinski definition) is 1. The number of methoxy groups -OCH3 is 1. The van der Waals surface area contributed by atoms with Crippen LogP contribution in [-0.2, 0) is 6.54 Å². The Hall–Kier alpha value is -1.80. The largest absolute Gasteiger partial charge is 0.496 e. The van der Waals surface area contributed by atoms with Crippen LogP contribution in [0.25, 0.3) is 0 Å². The van der Waals surface area contributed by atoms with Crippen molar-refractivity contribution < 1.29 is 4.74 Å². The van der Waals surface area contributed by atoms with E-state index in [-0.39, 0.29) is 0 Å². The SMILES string of the molecule is COc1ccc(CNC(C)c2ccc(C)c(C)c2)cc1C. The zero-order chi connectivity index (χ0) is 15.4. The van der Waals surface area contributed by atoms with E-state index in [1.165, 1.54) is 27.8 Å². The van der Waals surface area contributed by atoms with Gasteiger partial charge in [0.2, 0.25) is 0 Å². The average Bonchev–Trinajstić information content (AvgIpc) is 2.47. The number of aryl methyl sites for hydroxylation is 3. The molecule has 0 aliphatic carbocycles. The molecular formula is C19H25NO. The summed E-state index contributed by atoms with van der Waals surface area (Å²) < 4.78 is 5.30. The van der Waals surface area contributed by atoms with Crippen molar-refractivity contribution in [2.24, 2.45) is 0 Å². The van der Waals surface area contributed by atoms with Gasteiger partial charge in [0.15, 0.2) is 0 Å². The summed E-state index contributed by atoms with van der Waals surface area (Å²) in [6.45, 7) is 9.46. The Kier molecular flexibility index (Phi) is 5.03. The molecule has 2 nitrogen and oxygen atoms in total. The molecule has 2 rings (SSSR count). The van der Waals surface area contributed by atoms with Crippen molar-refractivity contribution >= 4 is 0 Å². The Morgan fingerprint density at radius 2 is 1.71 bits per heavy atom. The lowest BCUT2D eigenvalue weighted by Gasteiger charge is -2.16. The Labute approximate surface area is 128 Å². The van der Waals surface area contributed by atoms with E-state index in [2.05, 4.69) is 63.3 Å². The van der Waals surface area contributed by atoms with E-state index in [0.29, 0.717) is 6.04 Å². The van der Waals surface area contributed by atoms with Gasteiger partial charge < -0.3 is 10.1 Å². The van der Waals surface area contributed by atoms with E-state index < -0.39 is 0 Å². The van der Waals surface area contributed by atoms with E-state index in [1.807, 2.05) is 6.07 Å². The van der Waals surface area contributed by atoms with E-state index >= 15 is 0 Å². The molecule has 0 saturated heterocycles. The van der Waals surface area contributed by atoms with Crippen LogP contribution in [0.2, 0.25) is 0 Å². The number of ether oxygens (including phenoxy) is 1. The fourth-order valence-corrected chi connectivity index (χ4v) is 2.47. The third-order valence-electron chi connectivity index (χ3n) is 4.10. The summed E-state index contributed by atoms with van der Waals surface area (Å²) >= 11 is 0. The maximum absolute atomic E-state index is 5.30. The second-order valence-electron chi connectivity index (χ2n) is 5.75. The van der Waals surface area contributed by atoms with E-state index in [9.17, 15) is 0 Å². The molecule has 0 aliphatic rings. The highest BCUT2D eigenvalue weighted by Gasteiger charge is 2.07. The second-order valence-corrected chi connectivity index (χ2v) is 5.75. The fraction of sp³-hybridized carbons (Fsp3) is 0.368. The Balaban J connectivity index is 2.01. The second kappa shape index (κ2) is 6.77. The summed E-state index contributed by atoms with van der Waals surface area (Å²) in [7, 11) is 1.71. The molecule has 112 valence electrons. The molecule has 0 aromatic heterocycles. The highest BCUT2D eigenvalue weighted by molar-refractivity contribution is 5.36. The summed E-state index contributed by atoms with van der Waals surface area (Å²) in [6.07, 6.45) is 0. The van der Waals surface area contributed by atoms with Gasteiger partial charge >= 0.3 is 0 Å². The number of rotatable bonds is 5. The summed E-state index contributed by atoms with van der Waals surface area (Å²) in [6, 6.07) is 13.3. The standard InChI is InChI=1S/C19H25NO/c1-13-6-8-18(11-14(13)2)16(4)20-12-17-7-9-19(21-5)15(3)10-17/h6-11,16,20H,12H2,1-5H3. The maximum Gasteiger partial charge on any atom is 0.121 e. The lowest BCUT2D eigenvalue weighted by atomic mass is 10.0. The molecule has 0 bridgehead atoms. The highest BCUT2D eigenvalue weighted by Crippen LogP contribution is 2.20. The van der Waals surface area contributed by atoms with Gasteiger partial charge in [0.1, 0.15) is 5.75 Å². The first-order chi connectivity index (χ1) is 10.0. The molecule has 2 aromatic rings.